The number of hydrogen-bond acceptors (Lipinski definition) is 6. The van der Waals surface area contributed by atoms with Crippen LogP contribution in [-0.2, 0) is 9.59 Å². The molecule has 0 spiro atoms. The second-order valence-electron chi connectivity index (χ2n) is 7.54. The molecule has 0 aliphatic carbocycles. The van der Waals surface area contributed by atoms with Crippen LogP contribution in [0.15, 0.2) is 66.2 Å². The molecule has 36 heavy (non-hydrogen) atoms. The van der Waals surface area contributed by atoms with Crippen molar-refractivity contribution in [2.75, 3.05) is 31.5 Å². The molecule has 184 valence electrons. The summed E-state index contributed by atoms with van der Waals surface area (Å²) >= 11 is 2.05. The largest absolute Gasteiger partial charge is 0.497 e. The second kappa shape index (κ2) is 12.6. The summed E-state index contributed by atoms with van der Waals surface area (Å²) < 4.78 is 16.9. The highest BCUT2D eigenvalue weighted by atomic mass is 127. The normalized spacial score (nSPS) is 10.7. The second-order valence-corrected chi connectivity index (χ2v) is 8.70. The molecule has 3 aromatic carbocycles. The van der Waals surface area contributed by atoms with Crippen LogP contribution in [0.2, 0.25) is 0 Å². The van der Waals surface area contributed by atoms with Gasteiger partial charge in [0.15, 0.2) is 18.1 Å². The van der Waals surface area contributed by atoms with E-state index < -0.39 is 5.91 Å². The standard InChI is InChI=1S/C27H24IN3O5/c1-17-6-4-5-7-23(17)31-25(32)16-36-26-22(28)13-18(14-24(26)35-3)12-19(15-29)27(33)30-20-8-10-21(34-2)11-9-20/h4-14H,16H2,1-3H3,(H,30,33)(H,31,32)/b19-12-. The van der Waals surface area contributed by atoms with Crippen molar-refractivity contribution in [2.24, 2.45) is 0 Å². The number of nitriles is 1. The van der Waals surface area contributed by atoms with Gasteiger partial charge in [0.05, 0.1) is 17.8 Å². The van der Waals surface area contributed by atoms with E-state index in [0.29, 0.717) is 37.8 Å². The van der Waals surface area contributed by atoms with Crippen LogP contribution in [-0.4, -0.2) is 32.6 Å². The monoisotopic (exact) mass is 597 g/mol. The van der Waals surface area contributed by atoms with E-state index in [1.165, 1.54) is 13.2 Å². The number of para-hydroxylation sites is 1. The number of nitrogens with one attached hydrogen (secondary N) is 2. The van der Waals surface area contributed by atoms with E-state index >= 15 is 0 Å². The summed E-state index contributed by atoms with van der Waals surface area (Å²) in [7, 11) is 3.02. The molecule has 0 fully saturated rings. The van der Waals surface area contributed by atoms with Crippen LogP contribution in [0.3, 0.4) is 0 Å². The van der Waals surface area contributed by atoms with E-state index in [0.717, 1.165) is 5.56 Å². The summed E-state index contributed by atoms with van der Waals surface area (Å²) in [6, 6.07) is 19.5. The number of halogens is 1. The minimum Gasteiger partial charge on any atom is -0.497 e. The first kappa shape index (κ1) is 26.6. The van der Waals surface area contributed by atoms with Gasteiger partial charge >= 0.3 is 0 Å². The van der Waals surface area contributed by atoms with Gasteiger partial charge in [-0.1, -0.05) is 18.2 Å². The average molecular weight is 597 g/mol. The van der Waals surface area contributed by atoms with Gasteiger partial charge in [-0.3, -0.25) is 9.59 Å². The molecular weight excluding hydrogens is 573 g/mol. The molecule has 0 saturated carbocycles. The third kappa shape index (κ3) is 6.99. The first-order valence-electron chi connectivity index (χ1n) is 10.8. The molecule has 0 heterocycles. The number of ether oxygens (including phenoxy) is 3. The highest BCUT2D eigenvalue weighted by Crippen LogP contribution is 2.34. The van der Waals surface area contributed by atoms with Gasteiger partial charge in [-0.05, 0) is 89.2 Å². The quantitative estimate of drug-likeness (QED) is 0.200. The lowest BCUT2D eigenvalue weighted by Gasteiger charge is -2.14. The molecule has 3 rings (SSSR count). The van der Waals surface area contributed by atoms with Gasteiger partial charge in [-0.2, -0.15) is 5.26 Å². The van der Waals surface area contributed by atoms with Gasteiger partial charge in [-0.25, -0.2) is 0 Å². The van der Waals surface area contributed by atoms with E-state index in [1.807, 2.05) is 37.3 Å². The zero-order valence-corrected chi connectivity index (χ0v) is 22.1. The fraction of sp³-hybridized carbons (Fsp3) is 0.148. The number of nitrogens with zero attached hydrogens (tertiary/aromatic N) is 1. The number of anilines is 2. The average Bonchev–Trinajstić information content (AvgIpc) is 2.88. The molecule has 0 unspecified atom stereocenters. The Labute approximate surface area is 223 Å². The molecule has 0 saturated heterocycles. The minimum atomic E-state index is -0.551. The summed E-state index contributed by atoms with van der Waals surface area (Å²) in [5.41, 5.74) is 2.66. The van der Waals surface area contributed by atoms with Gasteiger partial charge < -0.3 is 24.8 Å². The van der Waals surface area contributed by atoms with Crippen molar-refractivity contribution in [1.29, 1.82) is 5.26 Å². The highest BCUT2D eigenvalue weighted by Gasteiger charge is 2.16. The van der Waals surface area contributed by atoms with Crippen LogP contribution in [0.25, 0.3) is 6.08 Å². The van der Waals surface area contributed by atoms with Crippen molar-refractivity contribution in [1.82, 2.24) is 0 Å². The van der Waals surface area contributed by atoms with Crippen molar-refractivity contribution in [2.45, 2.75) is 6.92 Å². The molecule has 8 nitrogen and oxygen atoms in total. The number of rotatable bonds is 9. The van der Waals surface area contributed by atoms with Crippen LogP contribution in [0.5, 0.6) is 17.2 Å². The molecule has 0 aliphatic rings. The lowest BCUT2D eigenvalue weighted by molar-refractivity contribution is -0.118. The first-order valence-corrected chi connectivity index (χ1v) is 11.9. The molecule has 0 bridgehead atoms. The number of hydrogen-bond donors (Lipinski definition) is 2. The zero-order chi connectivity index (χ0) is 26.1. The third-order valence-corrected chi connectivity index (χ3v) is 5.84. The number of carbonyl (C=O) groups excluding carboxylic acids is 2. The lowest BCUT2D eigenvalue weighted by atomic mass is 10.1. The van der Waals surface area contributed by atoms with Crippen molar-refractivity contribution in [3.63, 3.8) is 0 Å². The summed E-state index contributed by atoms with van der Waals surface area (Å²) in [5, 5.41) is 15.1. The van der Waals surface area contributed by atoms with E-state index in [2.05, 4.69) is 33.2 Å². The van der Waals surface area contributed by atoms with Crippen LogP contribution in [0.4, 0.5) is 11.4 Å². The number of benzene rings is 3. The number of carbonyl (C=O) groups is 2. The van der Waals surface area contributed by atoms with Gasteiger partial charge in [0.1, 0.15) is 17.4 Å². The minimum absolute atomic E-state index is 0.0880. The molecule has 0 aromatic heterocycles. The Balaban J connectivity index is 1.73. The zero-order valence-electron chi connectivity index (χ0n) is 19.9. The molecule has 0 aliphatic heterocycles. The fourth-order valence-corrected chi connectivity index (χ4v) is 3.97. The molecule has 2 amide bonds. The Bertz CT molecular complexity index is 1330. The van der Waals surface area contributed by atoms with Gasteiger partial charge in [0.25, 0.3) is 11.8 Å². The predicted molar refractivity (Wildman–Crippen MR) is 146 cm³/mol. The summed E-state index contributed by atoms with van der Waals surface area (Å²) in [6.45, 7) is 1.69. The molecule has 0 atom stereocenters. The molecule has 9 heteroatoms. The van der Waals surface area contributed by atoms with Crippen LogP contribution >= 0.6 is 22.6 Å². The predicted octanol–water partition coefficient (Wildman–Crippen LogP) is 5.18. The Hall–Kier alpha value is -4.04. The number of methoxy groups -OCH3 is 2. The van der Waals surface area contributed by atoms with Crippen molar-refractivity contribution in [3.05, 3.63) is 80.9 Å². The summed E-state index contributed by atoms with van der Waals surface area (Å²) in [5.74, 6) is 0.541. The highest BCUT2D eigenvalue weighted by molar-refractivity contribution is 14.1. The molecular formula is C27H24IN3O5. The van der Waals surface area contributed by atoms with Crippen molar-refractivity contribution in [3.8, 4) is 23.3 Å². The summed E-state index contributed by atoms with van der Waals surface area (Å²) in [6.07, 6.45) is 1.46. The number of aryl methyl sites for hydroxylation is 1. The SMILES string of the molecule is COc1ccc(NC(=O)/C(C#N)=C\c2cc(I)c(OCC(=O)Nc3ccccc3C)c(OC)c2)cc1. The molecule has 3 aromatic rings. The number of amides is 2. The maximum absolute atomic E-state index is 12.6. The smallest absolute Gasteiger partial charge is 0.266 e. The Morgan fingerprint density at radius 3 is 2.39 bits per heavy atom. The summed E-state index contributed by atoms with van der Waals surface area (Å²) in [4.78, 5) is 25.0. The van der Waals surface area contributed by atoms with Gasteiger partial charge in [0.2, 0.25) is 0 Å². The van der Waals surface area contributed by atoms with E-state index in [9.17, 15) is 14.9 Å². The van der Waals surface area contributed by atoms with Crippen LogP contribution in [0, 0.1) is 21.8 Å². The fourth-order valence-electron chi connectivity index (χ4n) is 3.19. The molecule has 2 N–H and O–H groups in total. The first-order chi connectivity index (χ1) is 17.3. The Morgan fingerprint density at radius 2 is 1.75 bits per heavy atom. The maximum atomic E-state index is 12.6. The van der Waals surface area contributed by atoms with Gasteiger partial charge in [0, 0.05) is 11.4 Å². The van der Waals surface area contributed by atoms with E-state index in [-0.39, 0.29) is 18.1 Å². The van der Waals surface area contributed by atoms with Gasteiger partial charge in [-0.15, -0.1) is 0 Å². The molecule has 0 radical (unpaired) electrons. The van der Waals surface area contributed by atoms with Crippen molar-refractivity contribution < 1.29 is 23.8 Å². The third-order valence-electron chi connectivity index (χ3n) is 5.04. The van der Waals surface area contributed by atoms with E-state index in [4.69, 9.17) is 14.2 Å². The van der Waals surface area contributed by atoms with E-state index in [1.54, 1.807) is 43.5 Å². The Morgan fingerprint density at radius 1 is 1.03 bits per heavy atom. The maximum Gasteiger partial charge on any atom is 0.266 e. The Kier molecular flexibility index (Phi) is 9.30. The van der Waals surface area contributed by atoms with Crippen LogP contribution < -0.4 is 24.8 Å². The van der Waals surface area contributed by atoms with Crippen molar-refractivity contribution >= 4 is 51.9 Å². The van der Waals surface area contributed by atoms with Crippen LogP contribution in [0.1, 0.15) is 11.1 Å². The lowest BCUT2D eigenvalue weighted by Crippen LogP contribution is -2.21. The topological polar surface area (TPSA) is 110 Å².